The van der Waals surface area contributed by atoms with Gasteiger partial charge in [0.25, 0.3) is 0 Å². The van der Waals surface area contributed by atoms with E-state index in [1.165, 1.54) is 12.7 Å². The average molecular weight is 673 g/mol. The second-order valence-electron chi connectivity index (χ2n) is 13.8. The van der Waals surface area contributed by atoms with E-state index in [1.54, 1.807) is 0 Å². The minimum atomic E-state index is -0.223. The van der Waals surface area contributed by atoms with E-state index in [9.17, 15) is 9.59 Å². The summed E-state index contributed by atoms with van der Waals surface area (Å²) >= 11 is 0. The number of carbonyl (C=O) groups excluding carboxylic acids is 2. The number of benzene rings is 1. The number of amides is 1. The van der Waals surface area contributed by atoms with Gasteiger partial charge in [-0.05, 0) is 94.1 Å². The fraction of sp³-hybridized carbons (Fsp3) is 0.568. The number of piperazine rings is 1. The van der Waals surface area contributed by atoms with E-state index in [2.05, 4.69) is 52.4 Å². The Morgan fingerprint density at radius 3 is 2.63 bits per heavy atom. The largest absolute Gasteiger partial charge is 0.477 e. The molecule has 0 radical (unpaired) electrons. The van der Waals surface area contributed by atoms with Gasteiger partial charge < -0.3 is 35.2 Å². The van der Waals surface area contributed by atoms with Gasteiger partial charge >= 0.3 is 5.97 Å². The van der Waals surface area contributed by atoms with Gasteiger partial charge in [0.05, 0.1) is 31.5 Å². The number of fused-ring (bicyclic) bond motifs is 1. The number of carbonyl (C=O) groups is 2. The highest BCUT2D eigenvalue weighted by molar-refractivity contribution is 5.76. The molecule has 2 fully saturated rings. The first-order valence-electron chi connectivity index (χ1n) is 17.9. The minimum absolute atomic E-state index is 0.0738. The molecule has 6 rings (SSSR count). The fourth-order valence-electron chi connectivity index (χ4n) is 7.37. The summed E-state index contributed by atoms with van der Waals surface area (Å²) in [6, 6.07) is 12.8. The second kappa shape index (κ2) is 16.0. The quantitative estimate of drug-likeness (QED) is 0.260. The molecule has 49 heavy (non-hydrogen) atoms. The van der Waals surface area contributed by atoms with Crippen LogP contribution in [-0.2, 0) is 20.7 Å². The molecule has 1 amide bonds. The van der Waals surface area contributed by atoms with E-state index in [1.807, 2.05) is 22.6 Å². The highest BCUT2D eigenvalue weighted by Gasteiger charge is 2.29. The van der Waals surface area contributed by atoms with E-state index in [0.717, 1.165) is 92.7 Å². The molecule has 2 aromatic heterocycles. The molecule has 5 heterocycles. The number of anilines is 2. The van der Waals surface area contributed by atoms with Gasteiger partial charge in [-0.25, -0.2) is 4.68 Å². The number of hydrogen-bond donors (Lipinski definition) is 2. The number of aromatic nitrogens is 3. The average Bonchev–Trinajstić information content (AvgIpc) is 3.73. The van der Waals surface area contributed by atoms with Crippen LogP contribution in [-0.4, -0.2) is 109 Å². The summed E-state index contributed by atoms with van der Waals surface area (Å²) < 4.78 is 13.4. The van der Waals surface area contributed by atoms with Crippen LogP contribution in [0.5, 0.6) is 5.88 Å². The van der Waals surface area contributed by atoms with Gasteiger partial charge in [0, 0.05) is 81.5 Å². The number of nitrogens with zero attached hydrogens (tertiary/aromatic N) is 6. The molecule has 12 heteroatoms. The number of likely N-dealkylation sites (tertiary alicyclic amines) is 1. The molecule has 0 aliphatic carbocycles. The molecule has 3 aliphatic rings. The van der Waals surface area contributed by atoms with E-state index >= 15 is 0 Å². The maximum Gasteiger partial charge on any atom is 0.306 e. The third kappa shape index (κ3) is 8.72. The number of ether oxygens (including phenoxy) is 2. The lowest BCUT2D eigenvalue weighted by atomic mass is 9.93. The van der Waals surface area contributed by atoms with Gasteiger partial charge in [-0.15, -0.1) is 0 Å². The van der Waals surface area contributed by atoms with Crippen LogP contribution in [0.15, 0.2) is 36.4 Å². The number of esters is 1. The Bertz CT molecular complexity index is 1600. The lowest BCUT2D eigenvalue weighted by molar-refractivity contribution is -0.141. The molecule has 1 aromatic carbocycles. The van der Waals surface area contributed by atoms with Crippen molar-refractivity contribution in [2.75, 3.05) is 82.8 Å². The topological polar surface area (TPSA) is 131 Å². The molecular weight excluding hydrogens is 620 g/mol. The lowest BCUT2D eigenvalue weighted by Gasteiger charge is -2.37. The predicted octanol–water partition coefficient (Wildman–Crippen LogP) is 3.68. The summed E-state index contributed by atoms with van der Waals surface area (Å²) in [5.41, 5.74) is 12.0. The number of hydrogen-bond acceptors (Lipinski definition) is 10. The van der Waals surface area contributed by atoms with Crippen LogP contribution >= 0.6 is 0 Å². The maximum atomic E-state index is 12.8. The third-order valence-electron chi connectivity index (χ3n) is 10.1. The Labute approximate surface area is 289 Å². The Morgan fingerprint density at radius 2 is 1.88 bits per heavy atom. The van der Waals surface area contributed by atoms with Crippen molar-refractivity contribution in [2.24, 2.45) is 11.7 Å². The number of nitrogens with one attached hydrogen (secondary N) is 1. The number of aryl methyl sites for hydroxylation is 3. The number of nitrogens with two attached hydrogens (primary N) is 1. The first-order chi connectivity index (χ1) is 23.8. The van der Waals surface area contributed by atoms with Crippen molar-refractivity contribution < 1.29 is 19.1 Å². The smallest absolute Gasteiger partial charge is 0.306 e. The van der Waals surface area contributed by atoms with Gasteiger partial charge in [-0.2, -0.15) is 10.1 Å². The summed E-state index contributed by atoms with van der Waals surface area (Å²) in [4.78, 5) is 36.9. The summed E-state index contributed by atoms with van der Waals surface area (Å²) in [6.45, 7) is 11.5. The zero-order valence-electron chi connectivity index (χ0n) is 29.3. The molecule has 12 nitrogen and oxygen atoms in total. The number of methoxy groups -OCH3 is 1. The van der Waals surface area contributed by atoms with Crippen LogP contribution in [0.2, 0.25) is 0 Å². The molecule has 3 N–H and O–H groups in total. The first kappa shape index (κ1) is 34.7. The maximum absolute atomic E-state index is 12.8. The van der Waals surface area contributed by atoms with Gasteiger partial charge in [-0.1, -0.05) is 0 Å². The van der Waals surface area contributed by atoms with Crippen LogP contribution in [0.3, 0.4) is 0 Å². The standard InChI is InChI=1S/C37H52N8O4/c1-26-18-27(2)45(41-26)33-20-30(19-32(22-33)43-14-16-44(17-15-43)35(46)7-4-11-38)31(21-36(47)48-3)24-42-13-10-28(23-42)25-49-34-9-8-29-6-5-12-39-37(29)40-34/h8-9,18-20,22,28,31H,4-7,10-17,21,23-25,38H2,1-3H3,(H,39,40). The summed E-state index contributed by atoms with van der Waals surface area (Å²) in [7, 11) is 1.46. The Morgan fingerprint density at radius 1 is 1.06 bits per heavy atom. The van der Waals surface area contributed by atoms with E-state index in [0.29, 0.717) is 50.9 Å². The van der Waals surface area contributed by atoms with Crippen molar-refractivity contribution in [2.45, 2.75) is 58.3 Å². The molecule has 2 atom stereocenters. The Balaban J connectivity index is 1.18. The highest BCUT2D eigenvalue weighted by atomic mass is 16.5. The second-order valence-corrected chi connectivity index (χ2v) is 13.8. The van der Waals surface area contributed by atoms with Crippen LogP contribution in [0.4, 0.5) is 11.5 Å². The Hall–Kier alpha value is -4.16. The predicted molar refractivity (Wildman–Crippen MR) is 191 cm³/mol. The highest BCUT2D eigenvalue weighted by Crippen LogP contribution is 2.32. The number of rotatable bonds is 13. The molecule has 264 valence electrons. The van der Waals surface area contributed by atoms with E-state index in [4.69, 9.17) is 25.3 Å². The molecule has 0 saturated carbocycles. The van der Waals surface area contributed by atoms with Crippen molar-refractivity contribution in [3.05, 3.63) is 58.9 Å². The van der Waals surface area contributed by atoms with Crippen molar-refractivity contribution in [3.8, 4) is 11.6 Å². The van der Waals surface area contributed by atoms with Crippen LogP contribution < -0.4 is 20.7 Å². The normalized spacial score (nSPS) is 18.6. The monoisotopic (exact) mass is 672 g/mol. The van der Waals surface area contributed by atoms with Crippen molar-refractivity contribution >= 4 is 23.4 Å². The van der Waals surface area contributed by atoms with Gasteiger partial charge in [-0.3, -0.25) is 9.59 Å². The zero-order chi connectivity index (χ0) is 34.3. The van der Waals surface area contributed by atoms with E-state index in [-0.39, 0.29) is 24.2 Å². The molecule has 2 saturated heterocycles. The summed E-state index contributed by atoms with van der Waals surface area (Å²) in [6.07, 6.45) is 4.70. The molecule has 0 bridgehead atoms. The van der Waals surface area contributed by atoms with Crippen LogP contribution in [0, 0.1) is 19.8 Å². The van der Waals surface area contributed by atoms with Gasteiger partial charge in [0.1, 0.15) is 5.82 Å². The molecule has 0 spiro atoms. The molecular formula is C37H52N8O4. The molecule has 2 unspecified atom stereocenters. The van der Waals surface area contributed by atoms with Gasteiger partial charge in [0.2, 0.25) is 11.8 Å². The zero-order valence-corrected chi connectivity index (χ0v) is 29.3. The molecule has 3 aromatic rings. The minimum Gasteiger partial charge on any atom is -0.477 e. The fourth-order valence-corrected chi connectivity index (χ4v) is 7.37. The van der Waals surface area contributed by atoms with Crippen LogP contribution in [0.1, 0.15) is 60.5 Å². The SMILES string of the molecule is COC(=O)CC(CN1CCC(COc2ccc3c(n2)NCCC3)C1)c1cc(N2CCN(C(=O)CCCN)CC2)cc(-n2nc(C)cc2C)c1. The lowest BCUT2D eigenvalue weighted by Crippen LogP contribution is -2.48. The van der Waals surface area contributed by atoms with E-state index < -0.39 is 0 Å². The summed E-state index contributed by atoms with van der Waals surface area (Å²) in [5, 5.41) is 8.19. The first-order valence-corrected chi connectivity index (χ1v) is 17.9. The van der Waals surface area contributed by atoms with Crippen molar-refractivity contribution in [3.63, 3.8) is 0 Å². The Kier molecular flexibility index (Phi) is 11.4. The van der Waals surface area contributed by atoms with Crippen LogP contribution in [0.25, 0.3) is 5.69 Å². The number of pyridine rings is 1. The summed E-state index contributed by atoms with van der Waals surface area (Å²) in [5.74, 6) is 1.87. The van der Waals surface area contributed by atoms with Gasteiger partial charge in [0.15, 0.2) is 0 Å². The molecule has 3 aliphatic heterocycles. The third-order valence-corrected chi connectivity index (χ3v) is 10.1. The van der Waals surface area contributed by atoms with Crippen molar-refractivity contribution in [1.82, 2.24) is 24.6 Å². The van der Waals surface area contributed by atoms with Crippen molar-refractivity contribution in [1.29, 1.82) is 0 Å².